The molecule has 2 N–H and O–H groups in total. The maximum absolute atomic E-state index is 14.3. The van der Waals surface area contributed by atoms with Gasteiger partial charge in [-0.25, -0.2) is 4.79 Å². The molecule has 1 aromatic carbocycles. The Hall–Kier alpha value is -3.01. The standard InChI is InChI=1S/C30H47N3O4/c1-11-14-17-20-31-26(34)25(23-19-16-15-18-22(23)12-2)33(30(9,10)13-3)27(35)24(21(4)5)32-28(36)37-29(6,7)8/h2,15-16,18-19,21,24-25H,11,13-14,17,20H2,1,3-10H3,(H,31,34)(H,32,36). The number of terminal acetylenes is 1. The van der Waals surface area contributed by atoms with Crippen molar-refractivity contribution in [3.63, 3.8) is 0 Å². The third-order valence-corrected chi connectivity index (χ3v) is 6.36. The van der Waals surface area contributed by atoms with Crippen LogP contribution in [0.2, 0.25) is 0 Å². The molecule has 0 saturated carbocycles. The van der Waals surface area contributed by atoms with Gasteiger partial charge in [-0.2, -0.15) is 0 Å². The molecular weight excluding hydrogens is 466 g/mol. The lowest BCUT2D eigenvalue weighted by Crippen LogP contribution is -2.60. The summed E-state index contributed by atoms with van der Waals surface area (Å²) in [6, 6.07) is 5.31. The van der Waals surface area contributed by atoms with Crippen LogP contribution in [0.3, 0.4) is 0 Å². The summed E-state index contributed by atoms with van der Waals surface area (Å²) in [5, 5.41) is 5.78. The second kappa shape index (κ2) is 14.1. The first-order chi connectivity index (χ1) is 17.2. The van der Waals surface area contributed by atoms with Crippen molar-refractivity contribution < 1.29 is 19.1 Å². The van der Waals surface area contributed by atoms with Gasteiger partial charge in [-0.1, -0.05) is 64.7 Å². The topological polar surface area (TPSA) is 87.7 Å². The van der Waals surface area contributed by atoms with Crippen LogP contribution in [0.25, 0.3) is 0 Å². The predicted octanol–water partition coefficient (Wildman–Crippen LogP) is 5.58. The highest BCUT2D eigenvalue weighted by Gasteiger charge is 2.44. The van der Waals surface area contributed by atoms with Crippen molar-refractivity contribution in [2.45, 2.75) is 111 Å². The van der Waals surface area contributed by atoms with E-state index in [1.54, 1.807) is 37.8 Å². The zero-order valence-electron chi connectivity index (χ0n) is 24.2. The molecule has 3 amide bonds. The molecule has 0 aliphatic rings. The highest BCUT2D eigenvalue weighted by molar-refractivity contribution is 5.93. The average molecular weight is 514 g/mol. The molecule has 1 rings (SSSR count). The summed E-state index contributed by atoms with van der Waals surface area (Å²) in [6.45, 7) is 17.4. The van der Waals surface area contributed by atoms with Gasteiger partial charge in [-0.15, -0.1) is 6.42 Å². The van der Waals surface area contributed by atoms with E-state index in [-0.39, 0.29) is 17.7 Å². The molecule has 1 aromatic rings. The molecule has 37 heavy (non-hydrogen) atoms. The van der Waals surface area contributed by atoms with Gasteiger partial charge in [0.1, 0.15) is 17.7 Å². The smallest absolute Gasteiger partial charge is 0.408 e. The Morgan fingerprint density at radius 2 is 1.68 bits per heavy atom. The molecule has 206 valence electrons. The number of unbranched alkanes of at least 4 members (excludes halogenated alkanes) is 2. The van der Waals surface area contributed by atoms with E-state index in [1.165, 1.54) is 0 Å². The summed E-state index contributed by atoms with van der Waals surface area (Å²) in [5.41, 5.74) is -0.328. The number of ether oxygens (including phenoxy) is 1. The van der Waals surface area contributed by atoms with Crippen LogP contribution >= 0.6 is 0 Å². The van der Waals surface area contributed by atoms with Crippen molar-refractivity contribution >= 4 is 17.9 Å². The van der Waals surface area contributed by atoms with Gasteiger partial charge < -0.3 is 20.3 Å². The molecule has 0 spiro atoms. The van der Waals surface area contributed by atoms with Gasteiger partial charge in [0.2, 0.25) is 11.8 Å². The first kappa shape index (κ1) is 32.0. The van der Waals surface area contributed by atoms with E-state index in [4.69, 9.17) is 11.2 Å². The molecule has 7 nitrogen and oxygen atoms in total. The Labute approximate surface area is 224 Å². The van der Waals surface area contributed by atoms with E-state index in [0.29, 0.717) is 24.1 Å². The number of hydrogen-bond acceptors (Lipinski definition) is 4. The highest BCUT2D eigenvalue weighted by atomic mass is 16.6. The van der Waals surface area contributed by atoms with Crippen LogP contribution in [0.5, 0.6) is 0 Å². The zero-order chi connectivity index (χ0) is 28.4. The molecule has 2 atom stereocenters. The van der Waals surface area contributed by atoms with Crippen LogP contribution in [0.1, 0.15) is 105 Å². The van der Waals surface area contributed by atoms with E-state index in [1.807, 2.05) is 46.8 Å². The lowest BCUT2D eigenvalue weighted by Gasteiger charge is -2.45. The van der Waals surface area contributed by atoms with Gasteiger partial charge in [0.25, 0.3) is 0 Å². The van der Waals surface area contributed by atoms with Crippen LogP contribution in [0.4, 0.5) is 4.79 Å². The summed E-state index contributed by atoms with van der Waals surface area (Å²) >= 11 is 0. The van der Waals surface area contributed by atoms with Crippen molar-refractivity contribution in [2.75, 3.05) is 6.54 Å². The summed E-state index contributed by atoms with van der Waals surface area (Å²) in [4.78, 5) is 42.4. The average Bonchev–Trinajstić information content (AvgIpc) is 2.81. The number of hydrogen-bond donors (Lipinski definition) is 2. The number of alkyl carbamates (subject to hydrolysis) is 1. The van der Waals surface area contributed by atoms with E-state index in [2.05, 4.69) is 23.5 Å². The van der Waals surface area contributed by atoms with Crippen molar-refractivity contribution in [3.8, 4) is 12.3 Å². The lowest BCUT2D eigenvalue weighted by atomic mass is 9.89. The van der Waals surface area contributed by atoms with Gasteiger partial charge in [-0.05, 0) is 65.0 Å². The minimum absolute atomic E-state index is 0.258. The Morgan fingerprint density at radius 3 is 2.19 bits per heavy atom. The van der Waals surface area contributed by atoms with Gasteiger partial charge in [0.05, 0.1) is 0 Å². The van der Waals surface area contributed by atoms with Crippen LogP contribution in [-0.4, -0.2) is 46.5 Å². The maximum Gasteiger partial charge on any atom is 0.408 e. The molecule has 0 saturated heterocycles. The minimum Gasteiger partial charge on any atom is -0.444 e. The van der Waals surface area contributed by atoms with Crippen molar-refractivity contribution in [1.29, 1.82) is 0 Å². The van der Waals surface area contributed by atoms with E-state index in [9.17, 15) is 14.4 Å². The minimum atomic E-state index is -0.974. The van der Waals surface area contributed by atoms with Gasteiger partial charge in [-0.3, -0.25) is 9.59 Å². The first-order valence-electron chi connectivity index (χ1n) is 13.4. The summed E-state index contributed by atoms with van der Waals surface area (Å²) in [7, 11) is 0. The van der Waals surface area contributed by atoms with Crippen LogP contribution in [0, 0.1) is 18.3 Å². The maximum atomic E-state index is 14.3. The quantitative estimate of drug-likeness (QED) is 0.282. The molecule has 2 unspecified atom stereocenters. The van der Waals surface area contributed by atoms with Crippen LogP contribution < -0.4 is 10.6 Å². The summed E-state index contributed by atoms with van der Waals surface area (Å²) in [6.07, 6.45) is 8.57. The number of nitrogens with one attached hydrogen (secondary N) is 2. The molecule has 0 heterocycles. The number of nitrogens with zero attached hydrogens (tertiary/aromatic N) is 1. The van der Waals surface area contributed by atoms with Gasteiger partial charge in [0, 0.05) is 17.6 Å². The third-order valence-electron chi connectivity index (χ3n) is 6.36. The number of amides is 3. The fourth-order valence-corrected chi connectivity index (χ4v) is 3.99. The van der Waals surface area contributed by atoms with E-state index in [0.717, 1.165) is 19.3 Å². The Kier molecular flexibility index (Phi) is 12.2. The number of carbonyl (C=O) groups is 3. The SMILES string of the molecule is C#Cc1ccccc1C(C(=O)NCCCCC)N(C(=O)C(NC(=O)OC(C)(C)C)C(C)C)C(C)(C)CC. The second-order valence-electron chi connectivity index (χ2n) is 11.4. The first-order valence-corrected chi connectivity index (χ1v) is 13.4. The van der Waals surface area contributed by atoms with Crippen LogP contribution in [-0.2, 0) is 14.3 Å². The van der Waals surface area contributed by atoms with Crippen molar-refractivity contribution in [3.05, 3.63) is 35.4 Å². The predicted molar refractivity (Wildman–Crippen MR) is 149 cm³/mol. The van der Waals surface area contributed by atoms with E-state index >= 15 is 0 Å². The normalized spacial score (nSPS) is 13.3. The molecule has 0 fully saturated rings. The summed E-state index contributed by atoms with van der Waals surface area (Å²) < 4.78 is 5.44. The largest absolute Gasteiger partial charge is 0.444 e. The summed E-state index contributed by atoms with van der Waals surface area (Å²) in [5.74, 6) is 1.75. The van der Waals surface area contributed by atoms with Gasteiger partial charge >= 0.3 is 6.09 Å². The van der Waals surface area contributed by atoms with Crippen molar-refractivity contribution in [2.24, 2.45) is 5.92 Å². The molecule has 0 aromatic heterocycles. The number of carbonyl (C=O) groups excluding carboxylic acids is 3. The molecule has 7 heteroatoms. The molecular formula is C30H47N3O4. The zero-order valence-corrected chi connectivity index (χ0v) is 24.2. The molecule has 0 aliphatic carbocycles. The van der Waals surface area contributed by atoms with Gasteiger partial charge in [0.15, 0.2) is 0 Å². The Morgan fingerprint density at radius 1 is 1.05 bits per heavy atom. The third kappa shape index (κ3) is 9.42. The van der Waals surface area contributed by atoms with Crippen LogP contribution in [0.15, 0.2) is 24.3 Å². The number of rotatable bonds is 12. The molecule has 0 aliphatic heterocycles. The fourth-order valence-electron chi connectivity index (χ4n) is 3.99. The Bertz CT molecular complexity index is 956. The van der Waals surface area contributed by atoms with Crippen molar-refractivity contribution in [1.82, 2.24) is 15.5 Å². The second-order valence-corrected chi connectivity index (χ2v) is 11.4. The lowest BCUT2D eigenvalue weighted by molar-refractivity contribution is -0.150. The highest BCUT2D eigenvalue weighted by Crippen LogP contribution is 2.34. The molecule has 0 bridgehead atoms. The number of benzene rings is 1. The fraction of sp³-hybridized carbons (Fsp3) is 0.633. The monoisotopic (exact) mass is 513 g/mol. The molecule has 0 radical (unpaired) electrons. The van der Waals surface area contributed by atoms with E-state index < -0.39 is 29.3 Å². The Balaban J connectivity index is 3.64.